The second kappa shape index (κ2) is 9.60. The molecule has 0 bridgehead atoms. The van der Waals surface area contributed by atoms with E-state index < -0.39 is 5.97 Å². The van der Waals surface area contributed by atoms with Crippen LogP contribution in [0.3, 0.4) is 0 Å². The standard InChI is InChI=1S/C25H21ClN2O4S/c1-3-32-22-13-8-16-6-4-5-7-19(16)20(22)14-21-24(30)28(18-11-9-17(26)10-12-18)25(33)27(21)15-23(29)31-2/h4-14H,3,15H2,1-2H3/b21-14-. The molecule has 3 aromatic rings. The van der Waals surface area contributed by atoms with E-state index in [0.29, 0.717) is 23.1 Å². The molecule has 33 heavy (non-hydrogen) atoms. The van der Waals surface area contributed by atoms with Crippen LogP contribution < -0.4 is 9.64 Å². The number of thiocarbonyl (C=S) groups is 1. The van der Waals surface area contributed by atoms with Gasteiger partial charge in [-0.05, 0) is 66.3 Å². The molecule has 0 aliphatic carbocycles. The summed E-state index contributed by atoms with van der Waals surface area (Å²) in [5.74, 6) is -0.246. The molecule has 1 aliphatic rings. The smallest absolute Gasteiger partial charge is 0.325 e. The van der Waals surface area contributed by atoms with Gasteiger partial charge in [0.25, 0.3) is 5.91 Å². The van der Waals surface area contributed by atoms with Gasteiger partial charge in [0.05, 0.1) is 19.4 Å². The van der Waals surface area contributed by atoms with Crippen LogP contribution in [-0.2, 0) is 14.3 Å². The third-order valence-corrected chi connectivity index (χ3v) is 5.90. The van der Waals surface area contributed by atoms with Gasteiger partial charge in [-0.3, -0.25) is 14.5 Å². The number of esters is 1. The van der Waals surface area contributed by atoms with Crippen LogP contribution in [-0.4, -0.2) is 42.2 Å². The topological polar surface area (TPSA) is 59.1 Å². The number of hydrogen-bond acceptors (Lipinski definition) is 5. The Morgan fingerprint density at radius 2 is 1.82 bits per heavy atom. The number of ether oxygens (including phenoxy) is 2. The number of halogens is 1. The van der Waals surface area contributed by atoms with Crippen LogP contribution in [0.2, 0.25) is 5.02 Å². The van der Waals surface area contributed by atoms with Gasteiger partial charge in [-0.2, -0.15) is 0 Å². The molecule has 4 rings (SSSR count). The molecule has 0 saturated carbocycles. The second-order valence-corrected chi connectivity index (χ2v) is 8.02. The van der Waals surface area contributed by atoms with Crippen molar-refractivity contribution in [2.75, 3.05) is 25.2 Å². The number of amides is 1. The van der Waals surface area contributed by atoms with E-state index >= 15 is 0 Å². The summed E-state index contributed by atoms with van der Waals surface area (Å²) in [6.45, 7) is 2.16. The summed E-state index contributed by atoms with van der Waals surface area (Å²) in [5.41, 5.74) is 1.53. The molecule has 0 radical (unpaired) electrons. The lowest BCUT2D eigenvalue weighted by molar-refractivity contribution is -0.140. The lowest BCUT2D eigenvalue weighted by atomic mass is 10.0. The molecule has 6 nitrogen and oxygen atoms in total. The molecule has 0 aromatic heterocycles. The largest absolute Gasteiger partial charge is 0.493 e. The van der Waals surface area contributed by atoms with E-state index in [1.54, 1.807) is 30.3 Å². The minimum atomic E-state index is -0.517. The number of carbonyl (C=O) groups is 2. The van der Waals surface area contributed by atoms with Gasteiger partial charge in [0.2, 0.25) is 0 Å². The minimum absolute atomic E-state index is 0.178. The van der Waals surface area contributed by atoms with E-state index in [1.807, 2.05) is 43.3 Å². The Bertz CT molecular complexity index is 1270. The van der Waals surface area contributed by atoms with E-state index in [-0.39, 0.29) is 23.3 Å². The number of methoxy groups -OCH3 is 1. The van der Waals surface area contributed by atoms with Crippen molar-refractivity contribution in [3.05, 3.63) is 76.9 Å². The normalized spacial score (nSPS) is 14.9. The summed E-state index contributed by atoms with van der Waals surface area (Å²) in [6, 6.07) is 18.4. The second-order valence-electron chi connectivity index (χ2n) is 7.22. The van der Waals surface area contributed by atoms with E-state index in [9.17, 15) is 9.59 Å². The Morgan fingerprint density at radius 3 is 2.52 bits per heavy atom. The molecule has 1 amide bonds. The van der Waals surface area contributed by atoms with Crippen molar-refractivity contribution in [2.45, 2.75) is 6.92 Å². The summed E-state index contributed by atoms with van der Waals surface area (Å²) in [5, 5.41) is 2.63. The van der Waals surface area contributed by atoms with Crippen LogP contribution in [0, 0.1) is 0 Å². The predicted octanol–water partition coefficient (Wildman–Crippen LogP) is 5.04. The Hall–Kier alpha value is -3.42. The van der Waals surface area contributed by atoms with Crippen LogP contribution in [0.1, 0.15) is 12.5 Å². The van der Waals surface area contributed by atoms with Crippen molar-refractivity contribution in [1.82, 2.24) is 4.90 Å². The van der Waals surface area contributed by atoms with Gasteiger partial charge in [0.15, 0.2) is 5.11 Å². The van der Waals surface area contributed by atoms with Gasteiger partial charge in [0, 0.05) is 10.6 Å². The first-order valence-corrected chi connectivity index (χ1v) is 11.1. The molecule has 3 aromatic carbocycles. The van der Waals surface area contributed by atoms with Crippen molar-refractivity contribution < 1.29 is 19.1 Å². The fraction of sp³-hybridized carbons (Fsp3) is 0.160. The average molecular weight is 481 g/mol. The van der Waals surface area contributed by atoms with E-state index in [0.717, 1.165) is 16.3 Å². The van der Waals surface area contributed by atoms with Gasteiger partial charge in [0.1, 0.15) is 18.0 Å². The Labute approximate surface area is 201 Å². The Morgan fingerprint density at radius 1 is 1.09 bits per heavy atom. The molecule has 1 fully saturated rings. The highest BCUT2D eigenvalue weighted by Gasteiger charge is 2.40. The minimum Gasteiger partial charge on any atom is -0.493 e. The molecule has 0 unspecified atom stereocenters. The van der Waals surface area contributed by atoms with Gasteiger partial charge in [-0.15, -0.1) is 0 Å². The lowest BCUT2D eigenvalue weighted by Gasteiger charge is -2.19. The zero-order valence-corrected chi connectivity index (χ0v) is 19.7. The number of benzene rings is 3. The van der Waals surface area contributed by atoms with Crippen LogP contribution in [0.5, 0.6) is 5.75 Å². The summed E-state index contributed by atoms with van der Waals surface area (Å²) in [7, 11) is 1.29. The van der Waals surface area contributed by atoms with E-state index in [2.05, 4.69) is 0 Å². The highest BCUT2D eigenvalue weighted by molar-refractivity contribution is 7.80. The molecule has 0 N–H and O–H groups in total. The van der Waals surface area contributed by atoms with Crippen molar-refractivity contribution in [1.29, 1.82) is 0 Å². The summed E-state index contributed by atoms with van der Waals surface area (Å²) in [4.78, 5) is 28.6. The van der Waals surface area contributed by atoms with Crippen LogP contribution >= 0.6 is 23.8 Å². The summed E-state index contributed by atoms with van der Waals surface area (Å²) >= 11 is 11.6. The summed E-state index contributed by atoms with van der Waals surface area (Å²) < 4.78 is 10.7. The number of anilines is 1. The predicted molar refractivity (Wildman–Crippen MR) is 133 cm³/mol. The van der Waals surface area contributed by atoms with Gasteiger partial charge in [-0.25, -0.2) is 0 Å². The molecule has 0 atom stereocenters. The number of nitrogens with zero attached hydrogens (tertiary/aromatic N) is 2. The van der Waals surface area contributed by atoms with Crippen LogP contribution in [0.25, 0.3) is 16.8 Å². The summed E-state index contributed by atoms with van der Waals surface area (Å²) in [6.07, 6.45) is 1.72. The molecule has 8 heteroatoms. The van der Waals surface area contributed by atoms with E-state index in [1.165, 1.54) is 16.9 Å². The van der Waals surface area contributed by atoms with Crippen molar-refractivity contribution in [2.24, 2.45) is 0 Å². The van der Waals surface area contributed by atoms with Gasteiger partial charge in [-0.1, -0.05) is 41.9 Å². The molecular formula is C25H21ClN2O4S. The zero-order valence-electron chi connectivity index (χ0n) is 18.1. The van der Waals surface area contributed by atoms with E-state index in [4.69, 9.17) is 33.3 Å². The molecule has 1 saturated heterocycles. The van der Waals surface area contributed by atoms with Crippen LogP contribution in [0.15, 0.2) is 66.4 Å². The number of rotatable bonds is 6. The highest BCUT2D eigenvalue weighted by atomic mass is 35.5. The number of hydrogen-bond donors (Lipinski definition) is 0. The van der Waals surface area contributed by atoms with Crippen molar-refractivity contribution in [3.8, 4) is 5.75 Å². The first-order valence-electron chi connectivity index (χ1n) is 10.3. The Balaban J connectivity index is 1.89. The van der Waals surface area contributed by atoms with Gasteiger partial charge < -0.3 is 14.4 Å². The SMILES string of the molecule is CCOc1ccc2ccccc2c1/C=C1/C(=O)N(c2ccc(Cl)cc2)C(=S)N1CC(=O)OC. The third-order valence-electron chi connectivity index (χ3n) is 5.25. The Kier molecular flexibility index (Phi) is 6.62. The third kappa shape index (κ3) is 4.42. The quantitative estimate of drug-likeness (QED) is 0.280. The van der Waals surface area contributed by atoms with Crippen molar-refractivity contribution in [3.63, 3.8) is 0 Å². The van der Waals surface area contributed by atoms with Crippen LogP contribution in [0.4, 0.5) is 5.69 Å². The number of carbonyl (C=O) groups excluding carboxylic acids is 2. The fourth-order valence-corrected chi connectivity index (χ4v) is 4.16. The van der Waals surface area contributed by atoms with Crippen molar-refractivity contribution >= 4 is 63.3 Å². The number of fused-ring (bicyclic) bond motifs is 1. The molecule has 1 heterocycles. The molecule has 0 spiro atoms. The highest BCUT2D eigenvalue weighted by Crippen LogP contribution is 2.34. The van der Waals surface area contributed by atoms with Gasteiger partial charge >= 0.3 is 5.97 Å². The molecule has 168 valence electrons. The first kappa shape index (κ1) is 22.8. The maximum Gasteiger partial charge on any atom is 0.325 e. The fourth-order valence-electron chi connectivity index (χ4n) is 3.69. The first-order chi connectivity index (χ1) is 15.9. The maximum atomic E-state index is 13.6. The lowest BCUT2D eigenvalue weighted by Crippen LogP contribution is -2.35. The molecule has 1 aliphatic heterocycles. The molecular weight excluding hydrogens is 460 g/mol. The monoisotopic (exact) mass is 480 g/mol. The maximum absolute atomic E-state index is 13.6. The zero-order chi connectivity index (χ0) is 23.5. The average Bonchev–Trinajstić information content (AvgIpc) is 3.05.